The molecule has 0 fully saturated rings. The van der Waals surface area contributed by atoms with Crippen molar-refractivity contribution in [2.45, 2.75) is 45.3 Å². The van der Waals surface area contributed by atoms with E-state index in [-0.39, 0.29) is 5.60 Å². The topological polar surface area (TPSA) is 21.3 Å². The van der Waals surface area contributed by atoms with E-state index in [1.54, 1.807) is 7.11 Å². The Morgan fingerprint density at radius 3 is 2.67 bits per heavy atom. The molecule has 0 aliphatic rings. The molecule has 1 unspecified atom stereocenters. The third kappa shape index (κ3) is 4.97. The highest BCUT2D eigenvalue weighted by Crippen LogP contribution is 2.21. The van der Waals surface area contributed by atoms with Gasteiger partial charge in [0.25, 0.3) is 0 Å². The Labute approximate surface area is 116 Å². The molecule has 3 heteroatoms. The van der Waals surface area contributed by atoms with Crippen molar-refractivity contribution < 1.29 is 4.74 Å². The first-order valence-corrected chi connectivity index (χ1v) is 6.90. The van der Waals surface area contributed by atoms with Gasteiger partial charge in [-0.1, -0.05) is 30.7 Å². The van der Waals surface area contributed by atoms with Crippen LogP contribution >= 0.6 is 11.6 Å². The van der Waals surface area contributed by atoms with Gasteiger partial charge in [-0.15, -0.1) is 0 Å². The minimum Gasteiger partial charge on any atom is -0.379 e. The summed E-state index contributed by atoms with van der Waals surface area (Å²) in [6.45, 7) is 7.33. The first-order chi connectivity index (χ1) is 8.48. The second-order valence-electron chi connectivity index (χ2n) is 5.18. The van der Waals surface area contributed by atoms with Gasteiger partial charge in [0, 0.05) is 18.2 Å². The van der Waals surface area contributed by atoms with Crippen LogP contribution in [0.1, 0.15) is 45.2 Å². The fourth-order valence-corrected chi connectivity index (χ4v) is 2.07. The lowest BCUT2D eigenvalue weighted by Gasteiger charge is -2.25. The molecule has 1 aromatic rings. The Bertz CT molecular complexity index is 365. The number of ether oxygens (including phenoxy) is 1. The molecule has 2 nitrogen and oxygen atoms in total. The standard InChI is InChI=1S/C15H24ClNO/c1-5-14(12-7-6-8-13(16)11-12)17-10-9-15(2,3)18-4/h6-8,11,14,17H,5,9-10H2,1-4H3. The SMILES string of the molecule is CCC(NCCC(C)(C)OC)c1cccc(Cl)c1. The van der Waals surface area contributed by atoms with Crippen LogP contribution in [0.4, 0.5) is 0 Å². The quantitative estimate of drug-likeness (QED) is 0.801. The molecule has 0 aromatic heterocycles. The number of nitrogens with one attached hydrogen (secondary N) is 1. The van der Waals surface area contributed by atoms with Gasteiger partial charge >= 0.3 is 0 Å². The lowest BCUT2D eigenvalue weighted by atomic mass is 10.0. The predicted molar refractivity (Wildman–Crippen MR) is 78.2 cm³/mol. The molecule has 1 N–H and O–H groups in total. The van der Waals surface area contributed by atoms with E-state index >= 15 is 0 Å². The van der Waals surface area contributed by atoms with Gasteiger partial charge in [0.2, 0.25) is 0 Å². The van der Waals surface area contributed by atoms with Crippen LogP contribution in [0, 0.1) is 0 Å². The van der Waals surface area contributed by atoms with Crippen molar-refractivity contribution in [2.75, 3.05) is 13.7 Å². The maximum atomic E-state index is 6.03. The van der Waals surface area contributed by atoms with E-state index in [0.717, 1.165) is 24.4 Å². The van der Waals surface area contributed by atoms with Gasteiger partial charge in [0.05, 0.1) is 5.60 Å². The maximum Gasteiger partial charge on any atom is 0.0634 e. The van der Waals surface area contributed by atoms with Crippen LogP contribution in [0.25, 0.3) is 0 Å². The summed E-state index contributed by atoms with van der Waals surface area (Å²) in [5.41, 5.74) is 1.18. The molecule has 0 aliphatic carbocycles. The van der Waals surface area contributed by atoms with E-state index in [1.165, 1.54) is 5.56 Å². The zero-order chi connectivity index (χ0) is 13.6. The summed E-state index contributed by atoms with van der Waals surface area (Å²) >= 11 is 6.03. The lowest BCUT2D eigenvalue weighted by molar-refractivity contribution is 0.0153. The number of halogens is 1. The van der Waals surface area contributed by atoms with Gasteiger partial charge in [0.15, 0.2) is 0 Å². The van der Waals surface area contributed by atoms with Gasteiger partial charge in [-0.25, -0.2) is 0 Å². The molecule has 0 saturated carbocycles. The molecular weight excluding hydrogens is 246 g/mol. The number of methoxy groups -OCH3 is 1. The van der Waals surface area contributed by atoms with Crippen LogP contribution < -0.4 is 5.32 Å². The normalized spacial score (nSPS) is 13.6. The molecule has 0 amide bonds. The van der Waals surface area contributed by atoms with Crippen LogP contribution in [-0.2, 0) is 4.74 Å². The van der Waals surface area contributed by atoms with Gasteiger partial charge < -0.3 is 10.1 Å². The second kappa shape index (κ2) is 7.13. The predicted octanol–water partition coefficient (Wildman–Crippen LogP) is 4.20. The molecule has 0 saturated heterocycles. The Morgan fingerprint density at radius 1 is 1.39 bits per heavy atom. The second-order valence-corrected chi connectivity index (χ2v) is 5.62. The summed E-state index contributed by atoms with van der Waals surface area (Å²) in [5.74, 6) is 0. The fourth-order valence-electron chi connectivity index (χ4n) is 1.87. The van der Waals surface area contributed by atoms with E-state index in [0.29, 0.717) is 6.04 Å². The van der Waals surface area contributed by atoms with Crippen LogP contribution in [0.2, 0.25) is 5.02 Å². The summed E-state index contributed by atoms with van der Waals surface area (Å²) in [7, 11) is 1.76. The highest BCUT2D eigenvalue weighted by Gasteiger charge is 2.17. The van der Waals surface area contributed by atoms with Gasteiger partial charge in [-0.2, -0.15) is 0 Å². The zero-order valence-corrected chi connectivity index (χ0v) is 12.6. The van der Waals surface area contributed by atoms with Crippen molar-refractivity contribution in [3.63, 3.8) is 0 Å². The van der Waals surface area contributed by atoms with Gasteiger partial charge in [-0.05, 0) is 50.9 Å². The number of benzene rings is 1. The van der Waals surface area contributed by atoms with Crippen molar-refractivity contribution in [3.05, 3.63) is 34.9 Å². The highest BCUT2D eigenvalue weighted by molar-refractivity contribution is 6.30. The van der Waals surface area contributed by atoms with Gasteiger partial charge in [0.1, 0.15) is 0 Å². The van der Waals surface area contributed by atoms with Crippen molar-refractivity contribution in [3.8, 4) is 0 Å². The Kier molecular flexibility index (Phi) is 6.13. The lowest BCUT2D eigenvalue weighted by Crippen LogP contribution is -2.30. The van der Waals surface area contributed by atoms with Crippen molar-refractivity contribution in [2.24, 2.45) is 0 Å². The van der Waals surface area contributed by atoms with Crippen molar-refractivity contribution in [1.82, 2.24) is 5.32 Å². The maximum absolute atomic E-state index is 6.03. The number of hydrogen-bond donors (Lipinski definition) is 1. The smallest absolute Gasteiger partial charge is 0.0634 e. The third-order valence-corrected chi connectivity index (χ3v) is 3.56. The first-order valence-electron chi connectivity index (χ1n) is 6.52. The molecule has 1 atom stereocenters. The molecule has 0 spiro atoms. The average molecular weight is 270 g/mol. The van der Waals surface area contributed by atoms with Crippen molar-refractivity contribution >= 4 is 11.6 Å². The van der Waals surface area contributed by atoms with E-state index < -0.39 is 0 Å². The zero-order valence-electron chi connectivity index (χ0n) is 11.8. The first kappa shape index (κ1) is 15.5. The van der Waals surface area contributed by atoms with Crippen LogP contribution in [0.3, 0.4) is 0 Å². The highest BCUT2D eigenvalue weighted by atomic mass is 35.5. The Hall–Kier alpha value is -0.570. The Morgan fingerprint density at radius 2 is 2.11 bits per heavy atom. The molecule has 1 rings (SSSR count). The number of rotatable bonds is 7. The summed E-state index contributed by atoms with van der Waals surface area (Å²) < 4.78 is 5.42. The summed E-state index contributed by atoms with van der Waals surface area (Å²) in [4.78, 5) is 0. The fraction of sp³-hybridized carbons (Fsp3) is 0.600. The molecule has 102 valence electrons. The average Bonchev–Trinajstić information content (AvgIpc) is 2.34. The van der Waals surface area contributed by atoms with Gasteiger partial charge in [-0.3, -0.25) is 0 Å². The van der Waals surface area contributed by atoms with E-state index in [1.807, 2.05) is 18.2 Å². The number of hydrogen-bond acceptors (Lipinski definition) is 2. The van der Waals surface area contributed by atoms with Crippen molar-refractivity contribution in [1.29, 1.82) is 0 Å². The molecule has 0 heterocycles. The minimum absolute atomic E-state index is 0.0698. The monoisotopic (exact) mass is 269 g/mol. The Balaban J connectivity index is 2.53. The molecule has 0 bridgehead atoms. The largest absolute Gasteiger partial charge is 0.379 e. The molecule has 0 radical (unpaired) electrons. The molecule has 0 aliphatic heterocycles. The molecule has 1 aromatic carbocycles. The summed E-state index contributed by atoms with van der Waals surface area (Å²) in [6.07, 6.45) is 2.04. The summed E-state index contributed by atoms with van der Waals surface area (Å²) in [6, 6.07) is 8.42. The van der Waals surface area contributed by atoms with Crippen LogP contribution in [0.5, 0.6) is 0 Å². The minimum atomic E-state index is -0.0698. The van der Waals surface area contributed by atoms with Crippen LogP contribution in [-0.4, -0.2) is 19.3 Å². The van der Waals surface area contributed by atoms with E-state index in [2.05, 4.69) is 32.2 Å². The van der Waals surface area contributed by atoms with E-state index in [9.17, 15) is 0 Å². The third-order valence-electron chi connectivity index (χ3n) is 3.33. The summed E-state index contributed by atoms with van der Waals surface area (Å²) in [5, 5.41) is 4.36. The van der Waals surface area contributed by atoms with E-state index in [4.69, 9.17) is 16.3 Å². The van der Waals surface area contributed by atoms with Crippen LogP contribution in [0.15, 0.2) is 24.3 Å². The molecular formula is C15H24ClNO. The molecule has 18 heavy (non-hydrogen) atoms.